The van der Waals surface area contributed by atoms with Crippen molar-refractivity contribution in [3.63, 3.8) is 0 Å². The van der Waals surface area contributed by atoms with E-state index in [1.165, 1.54) is 12.8 Å². The van der Waals surface area contributed by atoms with Gasteiger partial charge in [-0.2, -0.15) is 15.2 Å². The number of alkyl carbamates (subject to hydrolysis) is 1. The summed E-state index contributed by atoms with van der Waals surface area (Å²) in [6.45, 7) is 11.9. The van der Waals surface area contributed by atoms with Gasteiger partial charge < -0.3 is 34.9 Å². The molecule has 3 N–H and O–H groups in total. The monoisotopic (exact) mass is 628 g/mol. The molecular weight excluding hydrogens is 580 g/mol. The smallest absolute Gasteiger partial charge is 0.407 e. The Balaban J connectivity index is 1.04. The Morgan fingerprint density at radius 3 is 2.51 bits per heavy atom. The molecule has 1 aliphatic heterocycles. The number of hydrogen-bond acceptors (Lipinski definition) is 12. The van der Waals surface area contributed by atoms with Crippen LogP contribution in [0.3, 0.4) is 0 Å². The molecule has 1 amide bonds. The summed E-state index contributed by atoms with van der Waals surface area (Å²) in [7, 11) is 1.92. The van der Waals surface area contributed by atoms with Crippen LogP contribution in [-0.2, 0) is 32.5 Å². The van der Waals surface area contributed by atoms with Crippen LogP contribution in [-0.4, -0.2) is 117 Å². The quantitative estimate of drug-likeness (QED) is 0.225. The molecule has 248 valence electrons. The number of aryl methyl sites for hydroxylation is 1. The van der Waals surface area contributed by atoms with Crippen LogP contribution in [0.4, 0.5) is 22.2 Å². The normalized spacial score (nSPS) is 19.5. The van der Waals surface area contributed by atoms with Gasteiger partial charge >= 0.3 is 6.09 Å². The van der Waals surface area contributed by atoms with Gasteiger partial charge in [-0.15, -0.1) is 0 Å². The Hall–Kier alpha value is -3.53. The van der Waals surface area contributed by atoms with Gasteiger partial charge in [0, 0.05) is 45.0 Å². The number of anilines is 3. The number of carbonyl (C=O) groups is 1. The van der Waals surface area contributed by atoms with Crippen LogP contribution < -0.4 is 16.0 Å². The molecule has 0 aromatic carbocycles. The van der Waals surface area contributed by atoms with Crippen LogP contribution in [0.25, 0.3) is 11.0 Å². The summed E-state index contributed by atoms with van der Waals surface area (Å²) in [4.78, 5) is 23.8. The van der Waals surface area contributed by atoms with E-state index in [0.29, 0.717) is 57.5 Å². The molecular formula is C30H48N10O5. The van der Waals surface area contributed by atoms with E-state index in [0.717, 1.165) is 61.7 Å². The molecule has 1 saturated heterocycles. The summed E-state index contributed by atoms with van der Waals surface area (Å²) in [6.07, 6.45) is 9.51. The molecule has 2 aliphatic rings. The molecule has 0 spiro atoms. The lowest BCUT2D eigenvalue weighted by Gasteiger charge is -2.39. The standard InChI is InChI=1S/C30H48N10O5/c1-30(2,3)45-29(41)31-9-13-42-17-18-44-16-12-40-21-23(19-33-40)35-28-36-25-20-32-38(4)26(25)27(37-28)34-22-5-7-24(8-6-22)39-10-14-43-15-11-39/h19-22,24H,5-18H2,1-4H3,(H,31,41)(H2,34,35,36,37)/t22-,24-. The fourth-order valence-electron chi connectivity index (χ4n) is 5.66. The number of fused-ring (bicyclic) bond motifs is 1. The number of amides is 1. The van der Waals surface area contributed by atoms with Crippen molar-refractivity contribution in [1.82, 2.24) is 39.7 Å². The Bertz CT molecular complexity index is 1360. The zero-order valence-electron chi connectivity index (χ0n) is 27.0. The minimum absolute atomic E-state index is 0.352. The van der Waals surface area contributed by atoms with E-state index in [1.807, 2.05) is 43.4 Å². The highest BCUT2D eigenvalue weighted by atomic mass is 16.6. The topological polar surface area (TPSA) is 155 Å². The molecule has 0 unspecified atom stereocenters. The molecule has 3 aromatic heterocycles. The van der Waals surface area contributed by atoms with E-state index in [4.69, 9.17) is 28.9 Å². The van der Waals surface area contributed by atoms with Crippen molar-refractivity contribution in [2.45, 2.75) is 70.7 Å². The van der Waals surface area contributed by atoms with Crippen molar-refractivity contribution in [1.29, 1.82) is 0 Å². The zero-order chi connectivity index (χ0) is 31.6. The molecule has 15 heteroatoms. The van der Waals surface area contributed by atoms with E-state index in [2.05, 4.69) is 31.0 Å². The van der Waals surface area contributed by atoms with Crippen molar-refractivity contribution >= 4 is 34.6 Å². The van der Waals surface area contributed by atoms with Crippen molar-refractivity contribution in [2.24, 2.45) is 7.05 Å². The molecule has 0 radical (unpaired) electrons. The van der Waals surface area contributed by atoms with Crippen molar-refractivity contribution in [2.75, 3.05) is 69.9 Å². The molecule has 45 heavy (non-hydrogen) atoms. The lowest BCUT2D eigenvalue weighted by molar-refractivity contribution is 0.00791. The summed E-state index contributed by atoms with van der Waals surface area (Å²) in [6, 6.07) is 0.992. The highest BCUT2D eigenvalue weighted by Crippen LogP contribution is 2.29. The Kier molecular flexibility index (Phi) is 11.4. The fraction of sp³-hybridized carbons (Fsp3) is 0.700. The van der Waals surface area contributed by atoms with Crippen LogP contribution in [0.15, 0.2) is 18.6 Å². The number of morpholine rings is 1. The van der Waals surface area contributed by atoms with Gasteiger partial charge in [0.1, 0.15) is 16.6 Å². The number of nitrogens with zero attached hydrogens (tertiary/aromatic N) is 7. The molecule has 4 heterocycles. The molecule has 0 bridgehead atoms. The number of ether oxygens (including phenoxy) is 4. The van der Waals surface area contributed by atoms with E-state index in [1.54, 1.807) is 12.4 Å². The lowest BCUT2D eigenvalue weighted by atomic mass is 9.90. The Morgan fingerprint density at radius 2 is 1.76 bits per heavy atom. The number of carbonyl (C=O) groups excluding carboxylic acids is 1. The van der Waals surface area contributed by atoms with Crippen LogP contribution in [0.2, 0.25) is 0 Å². The van der Waals surface area contributed by atoms with Crippen LogP contribution >= 0.6 is 0 Å². The number of nitrogens with one attached hydrogen (secondary N) is 3. The van der Waals surface area contributed by atoms with Gasteiger partial charge in [-0.3, -0.25) is 14.3 Å². The van der Waals surface area contributed by atoms with Crippen LogP contribution in [0, 0.1) is 0 Å². The predicted octanol–water partition coefficient (Wildman–Crippen LogP) is 2.92. The van der Waals surface area contributed by atoms with Crippen LogP contribution in [0.5, 0.6) is 0 Å². The van der Waals surface area contributed by atoms with Gasteiger partial charge in [0.2, 0.25) is 5.95 Å². The number of hydrogen-bond donors (Lipinski definition) is 3. The summed E-state index contributed by atoms with van der Waals surface area (Å²) < 4.78 is 25.5. The van der Waals surface area contributed by atoms with Crippen LogP contribution in [0.1, 0.15) is 46.5 Å². The molecule has 0 atom stereocenters. The minimum Gasteiger partial charge on any atom is -0.444 e. The Morgan fingerprint density at radius 1 is 1.00 bits per heavy atom. The third-order valence-corrected chi connectivity index (χ3v) is 7.83. The highest BCUT2D eigenvalue weighted by Gasteiger charge is 2.28. The lowest BCUT2D eigenvalue weighted by Crippen LogP contribution is -2.46. The van der Waals surface area contributed by atoms with Gasteiger partial charge in [-0.1, -0.05) is 0 Å². The first-order chi connectivity index (χ1) is 21.7. The Labute approximate surface area is 264 Å². The van der Waals surface area contributed by atoms with Gasteiger partial charge in [-0.25, -0.2) is 9.78 Å². The van der Waals surface area contributed by atoms with E-state index in [-0.39, 0.29) is 0 Å². The second kappa shape index (κ2) is 15.7. The predicted molar refractivity (Wildman–Crippen MR) is 170 cm³/mol. The third kappa shape index (κ3) is 9.98. The van der Waals surface area contributed by atoms with Crippen molar-refractivity contribution in [3.8, 4) is 0 Å². The molecule has 1 saturated carbocycles. The third-order valence-electron chi connectivity index (χ3n) is 7.83. The maximum Gasteiger partial charge on any atom is 0.407 e. The molecule has 5 rings (SSSR count). The van der Waals surface area contributed by atoms with Crippen molar-refractivity contribution < 1.29 is 23.7 Å². The second-order valence-electron chi connectivity index (χ2n) is 12.5. The molecule has 3 aromatic rings. The average Bonchev–Trinajstić information content (AvgIpc) is 3.62. The maximum absolute atomic E-state index is 11.6. The first-order valence-corrected chi connectivity index (χ1v) is 15.9. The summed E-state index contributed by atoms with van der Waals surface area (Å²) in [5.74, 6) is 1.29. The summed E-state index contributed by atoms with van der Waals surface area (Å²) >= 11 is 0. The van der Waals surface area contributed by atoms with E-state index >= 15 is 0 Å². The molecule has 15 nitrogen and oxygen atoms in total. The van der Waals surface area contributed by atoms with Gasteiger partial charge in [-0.05, 0) is 46.5 Å². The van der Waals surface area contributed by atoms with E-state index in [9.17, 15) is 4.79 Å². The first kappa shape index (κ1) is 32.9. The van der Waals surface area contributed by atoms with E-state index < -0.39 is 11.7 Å². The number of rotatable bonds is 14. The average molecular weight is 629 g/mol. The SMILES string of the molecule is Cn1ncc2nc(Nc3cnn(CCOCCOCCNC(=O)OC(C)(C)C)c3)nc(N[C@H]3CC[C@H](N4CCOCC4)CC3)c21. The summed E-state index contributed by atoms with van der Waals surface area (Å²) in [5.41, 5.74) is 1.95. The fourth-order valence-corrected chi connectivity index (χ4v) is 5.66. The number of aromatic nitrogens is 6. The molecule has 2 fully saturated rings. The van der Waals surface area contributed by atoms with Gasteiger partial charge in [0.05, 0.1) is 64.3 Å². The van der Waals surface area contributed by atoms with Crippen molar-refractivity contribution in [3.05, 3.63) is 18.6 Å². The van der Waals surface area contributed by atoms with Gasteiger partial charge in [0.15, 0.2) is 5.82 Å². The second-order valence-corrected chi connectivity index (χ2v) is 12.5. The minimum atomic E-state index is -0.518. The zero-order valence-corrected chi connectivity index (χ0v) is 27.0. The summed E-state index contributed by atoms with van der Waals surface area (Å²) in [5, 5.41) is 18.5. The first-order valence-electron chi connectivity index (χ1n) is 15.9. The molecule has 1 aliphatic carbocycles. The largest absolute Gasteiger partial charge is 0.444 e. The van der Waals surface area contributed by atoms with Gasteiger partial charge in [0.25, 0.3) is 0 Å². The maximum atomic E-state index is 11.6. The highest BCUT2D eigenvalue weighted by molar-refractivity contribution is 5.87.